The highest BCUT2D eigenvalue weighted by atomic mass is 19.4. The van der Waals surface area contributed by atoms with Crippen LogP contribution in [0.5, 0.6) is 0 Å². The number of aliphatic carboxylic acids is 1. The van der Waals surface area contributed by atoms with E-state index in [1.54, 1.807) is 0 Å². The molecule has 0 bridgehead atoms. The van der Waals surface area contributed by atoms with E-state index in [1.165, 1.54) is 23.1 Å². The predicted molar refractivity (Wildman–Crippen MR) is 87.5 cm³/mol. The summed E-state index contributed by atoms with van der Waals surface area (Å²) < 4.78 is 38.9. The molecule has 0 unspecified atom stereocenters. The molecular formula is C18H21F3N2O3. The summed E-state index contributed by atoms with van der Waals surface area (Å²) in [6, 6.07) is 4.87. The molecule has 26 heavy (non-hydrogen) atoms. The third-order valence-corrected chi connectivity index (χ3v) is 5.58. The number of amides is 2. The number of benzene rings is 1. The van der Waals surface area contributed by atoms with Gasteiger partial charge in [-0.2, -0.15) is 13.2 Å². The topological polar surface area (TPSA) is 69.6 Å². The number of nitrogens with one attached hydrogen (secondary N) is 1. The lowest BCUT2D eigenvalue weighted by molar-refractivity contribution is -0.149. The monoisotopic (exact) mass is 370 g/mol. The maximum Gasteiger partial charge on any atom is 0.416 e. The van der Waals surface area contributed by atoms with Crippen LogP contribution >= 0.6 is 0 Å². The van der Waals surface area contributed by atoms with Crippen molar-refractivity contribution in [2.75, 3.05) is 19.6 Å². The van der Waals surface area contributed by atoms with Crippen molar-refractivity contribution in [2.45, 2.75) is 31.9 Å². The molecule has 8 heteroatoms. The van der Waals surface area contributed by atoms with Crippen LogP contribution in [0.2, 0.25) is 0 Å². The van der Waals surface area contributed by atoms with Gasteiger partial charge in [0.1, 0.15) is 0 Å². The van der Waals surface area contributed by atoms with Gasteiger partial charge in [0.15, 0.2) is 0 Å². The molecule has 0 aromatic heterocycles. The molecule has 3 rings (SSSR count). The van der Waals surface area contributed by atoms with Gasteiger partial charge in [-0.1, -0.05) is 24.6 Å². The van der Waals surface area contributed by atoms with Crippen LogP contribution in [0.3, 0.4) is 0 Å². The summed E-state index contributed by atoms with van der Waals surface area (Å²) in [4.78, 5) is 25.4. The fourth-order valence-electron chi connectivity index (χ4n) is 4.22. The Labute approximate surface area is 149 Å². The number of urea groups is 1. The lowest BCUT2D eigenvalue weighted by Crippen LogP contribution is -2.42. The highest BCUT2D eigenvalue weighted by Crippen LogP contribution is 2.48. The molecule has 0 radical (unpaired) electrons. The summed E-state index contributed by atoms with van der Waals surface area (Å²) in [5.41, 5.74) is -1.43. The minimum Gasteiger partial charge on any atom is -0.481 e. The predicted octanol–water partition coefficient (Wildman–Crippen LogP) is 3.14. The number of alkyl halides is 3. The Morgan fingerprint density at radius 3 is 2.69 bits per heavy atom. The molecule has 1 heterocycles. The van der Waals surface area contributed by atoms with Crippen molar-refractivity contribution in [2.24, 2.45) is 11.3 Å². The standard InChI is InChI=1S/C18H21F3N2O3/c19-18(20,21)14-6-2-1-4-12(14)7-9-22-16(26)23-10-13-5-3-8-17(13,11-23)15(24)25/h1-2,4,6,13H,3,5,7-11H2,(H,22,26)(H,24,25)/t13-,17+/m0/s1. The maximum absolute atomic E-state index is 13.0. The van der Waals surface area contributed by atoms with Gasteiger partial charge < -0.3 is 15.3 Å². The summed E-state index contributed by atoms with van der Waals surface area (Å²) in [6.45, 7) is 0.613. The molecule has 5 nitrogen and oxygen atoms in total. The molecule has 1 aliphatic heterocycles. The highest BCUT2D eigenvalue weighted by molar-refractivity contribution is 5.80. The first-order chi connectivity index (χ1) is 12.2. The van der Waals surface area contributed by atoms with Crippen LogP contribution in [0, 0.1) is 11.3 Å². The van der Waals surface area contributed by atoms with Crippen molar-refractivity contribution in [1.29, 1.82) is 0 Å². The average molecular weight is 370 g/mol. The first-order valence-corrected chi connectivity index (χ1v) is 8.65. The van der Waals surface area contributed by atoms with Gasteiger partial charge >= 0.3 is 18.2 Å². The van der Waals surface area contributed by atoms with Gasteiger partial charge in [0.25, 0.3) is 0 Å². The number of carboxylic acids is 1. The number of hydrogen-bond donors (Lipinski definition) is 2. The van der Waals surface area contributed by atoms with Crippen molar-refractivity contribution in [1.82, 2.24) is 10.2 Å². The number of carboxylic acid groups (broad SMARTS) is 1. The van der Waals surface area contributed by atoms with Crippen molar-refractivity contribution >= 4 is 12.0 Å². The smallest absolute Gasteiger partial charge is 0.416 e. The lowest BCUT2D eigenvalue weighted by atomic mass is 9.81. The van der Waals surface area contributed by atoms with Gasteiger partial charge in [0.2, 0.25) is 0 Å². The Hall–Kier alpha value is -2.25. The molecule has 2 N–H and O–H groups in total. The van der Waals surface area contributed by atoms with Crippen LogP contribution in [-0.2, 0) is 17.4 Å². The Balaban J connectivity index is 1.57. The fraction of sp³-hybridized carbons (Fsp3) is 0.556. The normalized spacial score (nSPS) is 25.2. The quantitative estimate of drug-likeness (QED) is 0.856. The molecule has 1 aromatic rings. The van der Waals surface area contributed by atoms with Crippen LogP contribution in [-0.4, -0.2) is 41.6 Å². The summed E-state index contributed by atoms with van der Waals surface area (Å²) in [6.07, 6.45) is -2.17. The fourth-order valence-corrected chi connectivity index (χ4v) is 4.22. The number of nitrogens with zero attached hydrogens (tertiary/aromatic N) is 1. The molecule has 2 atom stereocenters. The van der Waals surface area contributed by atoms with Crippen molar-refractivity contribution in [3.63, 3.8) is 0 Å². The van der Waals surface area contributed by atoms with Crippen LogP contribution in [0.25, 0.3) is 0 Å². The largest absolute Gasteiger partial charge is 0.481 e. The van der Waals surface area contributed by atoms with Gasteiger partial charge in [-0.05, 0) is 36.8 Å². The first kappa shape index (κ1) is 18.5. The Morgan fingerprint density at radius 1 is 1.31 bits per heavy atom. The Bertz CT molecular complexity index is 707. The Kier molecular flexibility index (Phi) is 4.86. The molecule has 0 spiro atoms. The number of carbonyl (C=O) groups excluding carboxylic acids is 1. The number of likely N-dealkylation sites (tertiary alicyclic amines) is 1. The van der Waals surface area contributed by atoms with Crippen molar-refractivity contribution < 1.29 is 27.9 Å². The molecule has 1 saturated carbocycles. The molecular weight excluding hydrogens is 349 g/mol. The number of hydrogen-bond acceptors (Lipinski definition) is 2. The number of halogens is 3. The van der Waals surface area contributed by atoms with E-state index < -0.39 is 29.2 Å². The van der Waals surface area contributed by atoms with Gasteiger partial charge in [0.05, 0.1) is 11.0 Å². The molecule has 142 valence electrons. The van der Waals surface area contributed by atoms with Gasteiger partial charge in [-0.25, -0.2) is 4.79 Å². The van der Waals surface area contributed by atoms with E-state index in [4.69, 9.17) is 0 Å². The summed E-state index contributed by atoms with van der Waals surface area (Å²) in [7, 11) is 0. The molecule has 1 aromatic carbocycles. The summed E-state index contributed by atoms with van der Waals surface area (Å²) in [5, 5.41) is 12.2. The first-order valence-electron chi connectivity index (χ1n) is 8.65. The maximum atomic E-state index is 13.0. The van der Waals surface area contributed by atoms with E-state index in [0.29, 0.717) is 13.0 Å². The Morgan fingerprint density at radius 2 is 2.04 bits per heavy atom. The van der Waals surface area contributed by atoms with E-state index in [1.807, 2.05) is 0 Å². The number of carbonyl (C=O) groups is 2. The molecule has 1 aliphatic carbocycles. The average Bonchev–Trinajstić information content (AvgIpc) is 3.12. The van der Waals surface area contributed by atoms with E-state index >= 15 is 0 Å². The van der Waals surface area contributed by atoms with E-state index in [-0.39, 0.29) is 31.0 Å². The lowest BCUT2D eigenvalue weighted by Gasteiger charge is -2.23. The summed E-state index contributed by atoms with van der Waals surface area (Å²) in [5.74, 6) is -0.911. The highest BCUT2D eigenvalue weighted by Gasteiger charge is 2.55. The van der Waals surface area contributed by atoms with Gasteiger partial charge in [0, 0.05) is 19.6 Å². The minimum atomic E-state index is -4.43. The number of fused-ring (bicyclic) bond motifs is 1. The van der Waals surface area contributed by atoms with Gasteiger partial charge in [-0.3, -0.25) is 4.79 Å². The third kappa shape index (κ3) is 3.37. The minimum absolute atomic E-state index is 0.0447. The zero-order valence-corrected chi connectivity index (χ0v) is 14.2. The third-order valence-electron chi connectivity index (χ3n) is 5.58. The van der Waals surface area contributed by atoms with Gasteiger partial charge in [-0.15, -0.1) is 0 Å². The molecule has 2 fully saturated rings. The van der Waals surface area contributed by atoms with Crippen LogP contribution in [0.4, 0.5) is 18.0 Å². The molecule has 2 aliphatic rings. The van der Waals surface area contributed by atoms with E-state index in [0.717, 1.165) is 18.9 Å². The van der Waals surface area contributed by atoms with Crippen LogP contribution in [0.15, 0.2) is 24.3 Å². The zero-order valence-electron chi connectivity index (χ0n) is 14.2. The second-order valence-electron chi connectivity index (χ2n) is 7.07. The molecule has 1 saturated heterocycles. The van der Waals surface area contributed by atoms with E-state index in [9.17, 15) is 27.9 Å². The second kappa shape index (κ2) is 6.81. The van der Waals surface area contributed by atoms with Crippen molar-refractivity contribution in [3.05, 3.63) is 35.4 Å². The summed E-state index contributed by atoms with van der Waals surface area (Å²) >= 11 is 0. The second-order valence-corrected chi connectivity index (χ2v) is 7.07. The van der Waals surface area contributed by atoms with Crippen molar-refractivity contribution in [3.8, 4) is 0 Å². The van der Waals surface area contributed by atoms with Crippen LogP contribution < -0.4 is 5.32 Å². The SMILES string of the molecule is O=C(NCCc1ccccc1C(F)(F)F)N1C[C@@H]2CCC[C@@]2(C(=O)O)C1. The molecule has 2 amide bonds. The zero-order chi connectivity index (χ0) is 18.9. The van der Waals surface area contributed by atoms with Crippen LogP contribution in [0.1, 0.15) is 30.4 Å². The number of rotatable bonds is 4. The van der Waals surface area contributed by atoms with E-state index in [2.05, 4.69) is 5.32 Å².